The Morgan fingerprint density at radius 3 is 2.81 bits per heavy atom. The van der Waals surface area contributed by atoms with Gasteiger partial charge in [-0.15, -0.1) is 0 Å². The van der Waals surface area contributed by atoms with Crippen LogP contribution in [0.2, 0.25) is 0 Å². The molecular weight excluding hydrogens is 411 g/mol. The Bertz CT molecular complexity index is 1290. The Labute approximate surface area is 184 Å². The Kier molecular flexibility index (Phi) is 5.27. The van der Waals surface area contributed by atoms with E-state index in [1.807, 2.05) is 40.9 Å². The average Bonchev–Trinajstić information content (AvgIpc) is 3.31. The Morgan fingerprint density at radius 2 is 2.00 bits per heavy atom. The number of esters is 1. The average molecular weight is 434 g/mol. The third-order valence-corrected chi connectivity index (χ3v) is 6.18. The molecule has 2 aromatic heterocycles. The summed E-state index contributed by atoms with van der Waals surface area (Å²) in [6, 6.07) is 14.5. The number of aromatic nitrogens is 2. The molecule has 1 saturated heterocycles. The van der Waals surface area contributed by atoms with Crippen molar-refractivity contribution in [3.63, 3.8) is 0 Å². The highest BCUT2D eigenvalue weighted by atomic mass is 19.1. The monoisotopic (exact) mass is 434 g/mol. The zero-order valence-corrected chi connectivity index (χ0v) is 17.7. The van der Waals surface area contributed by atoms with Gasteiger partial charge in [-0.25, -0.2) is 9.37 Å². The van der Waals surface area contributed by atoms with E-state index in [9.17, 15) is 9.18 Å². The Balaban J connectivity index is 1.41. The molecule has 0 N–H and O–H groups in total. The molecule has 1 fully saturated rings. The molecular formula is C25H23FN2O4. The summed E-state index contributed by atoms with van der Waals surface area (Å²) < 4.78 is 33.0. The summed E-state index contributed by atoms with van der Waals surface area (Å²) in [6.07, 6.45) is 4.58. The number of imidazole rings is 1. The van der Waals surface area contributed by atoms with Gasteiger partial charge in [0.2, 0.25) is 0 Å². The van der Waals surface area contributed by atoms with Crippen LogP contribution in [0.5, 0.6) is 5.75 Å². The van der Waals surface area contributed by atoms with Crippen LogP contribution in [0.4, 0.5) is 4.39 Å². The maximum atomic E-state index is 14.5. The number of halogens is 1. The van der Waals surface area contributed by atoms with E-state index in [0.29, 0.717) is 37.4 Å². The molecule has 1 aliphatic heterocycles. The van der Waals surface area contributed by atoms with Gasteiger partial charge in [0.1, 0.15) is 23.8 Å². The van der Waals surface area contributed by atoms with Crippen molar-refractivity contribution in [1.82, 2.24) is 9.38 Å². The van der Waals surface area contributed by atoms with Gasteiger partial charge in [0.15, 0.2) is 0 Å². The molecule has 2 aromatic carbocycles. The number of ether oxygens (including phenoxy) is 3. The fourth-order valence-corrected chi connectivity index (χ4v) is 4.47. The molecule has 4 aromatic rings. The highest BCUT2D eigenvalue weighted by molar-refractivity contribution is 5.84. The van der Waals surface area contributed by atoms with Gasteiger partial charge in [-0.05, 0) is 65.8 Å². The number of methoxy groups -OCH3 is 1. The van der Waals surface area contributed by atoms with E-state index < -0.39 is 11.2 Å². The van der Waals surface area contributed by atoms with Crippen LogP contribution in [-0.4, -0.2) is 35.7 Å². The smallest absolute Gasteiger partial charge is 0.316 e. The number of pyridine rings is 1. The van der Waals surface area contributed by atoms with Gasteiger partial charge in [0.05, 0.1) is 18.0 Å². The number of carbonyl (C=O) groups is 1. The van der Waals surface area contributed by atoms with Crippen molar-refractivity contribution in [3.8, 4) is 5.75 Å². The number of fused-ring (bicyclic) bond motifs is 3. The van der Waals surface area contributed by atoms with Crippen LogP contribution in [0.25, 0.3) is 16.6 Å². The highest BCUT2D eigenvalue weighted by Gasteiger charge is 2.43. The van der Waals surface area contributed by atoms with E-state index in [0.717, 1.165) is 22.1 Å². The fourth-order valence-electron chi connectivity index (χ4n) is 4.47. The third kappa shape index (κ3) is 3.58. The zero-order valence-electron chi connectivity index (χ0n) is 17.7. The number of hydrogen-bond donors (Lipinski definition) is 0. The molecule has 32 heavy (non-hydrogen) atoms. The summed E-state index contributed by atoms with van der Waals surface area (Å²) in [7, 11) is 1.35. The van der Waals surface area contributed by atoms with Crippen molar-refractivity contribution < 1.29 is 23.4 Å². The first-order valence-electron chi connectivity index (χ1n) is 10.5. The molecule has 0 amide bonds. The van der Waals surface area contributed by atoms with Crippen molar-refractivity contribution in [1.29, 1.82) is 0 Å². The van der Waals surface area contributed by atoms with Gasteiger partial charge < -0.3 is 14.2 Å². The van der Waals surface area contributed by atoms with E-state index in [1.165, 1.54) is 19.2 Å². The molecule has 0 radical (unpaired) electrons. The van der Waals surface area contributed by atoms with Crippen molar-refractivity contribution in [2.75, 3.05) is 20.3 Å². The van der Waals surface area contributed by atoms with Gasteiger partial charge in [0.25, 0.3) is 0 Å². The van der Waals surface area contributed by atoms with Crippen LogP contribution in [0.1, 0.15) is 24.0 Å². The largest absolute Gasteiger partial charge is 0.489 e. The first-order valence-corrected chi connectivity index (χ1v) is 10.5. The maximum absolute atomic E-state index is 14.5. The lowest BCUT2D eigenvalue weighted by molar-refractivity contribution is -0.151. The maximum Gasteiger partial charge on any atom is 0.316 e. The molecule has 164 valence electrons. The van der Waals surface area contributed by atoms with Gasteiger partial charge >= 0.3 is 5.97 Å². The van der Waals surface area contributed by atoms with Crippen LogP contribution in [0, 0.1) is 5.82 Å². The molecule has 0 saturated carbocycles. The van der Waals surface area contributed by atoms with Crippen molar-refractivity contribution >= 4 is 22.5 Å². The van der Waals surface area contributed by atoms with Crippen molar-refractivity contribution in [3.05, 3.63) is 77.9 Å². The van der Waals surface area contributed by atoms with Crippen LogP contribution in [-0.2, 0) is 26.3 Å². The normalized spacial score (nSPS) is 15.7. The number of hydrogen-bond acceptors (Lipinski definition) is 5. The molecule has 0 bridgehead atoms. The number of rotatable bonds is 5. The van der Waals surface area contributed by atoms with Crippen molar-refractivity contribution in [2.24, 2.45) is 0 Å². The predicted octanol–water partition coefficient (Wildman–Crippen LogP) is 4.43. The van der Waals surface area contributed by atoms with E-state index in [-0.39, 0.29) is 12.6 Å². The molecule has 0 aliphatic carbocycles. The van der Waals surface area contributed by atoms with E-state index >= 15 is 0 Å². The lowest BCUT2D eigenvalue weighted by Gasteiger charge is -2.35. The van der Waals surface area contributed by atoms with Gasteiger partial charge in [-0.2, -0.15) is 0 Å². The number of benzene rings is 2. The third-order valence-electron chi connectivity index (χ3n) is 6.18. The minimum absolute atomic E-state index is 0.273. The molecule has 0 unspecified atom stereocenters. The van der Waals surface area contributed by atoms with Crippen LogP contribution >= 0.6 is 0 Å². The number of nitrogens with zero attached hydrogens (tertiary/aromatic N) is 2. The Hall–Kier alpha value is -3.45. The molecule has 3 heterocycles. The topological polar surface area (TPSA) is 62.1 Å². The van der Waals surface area contributed by atoms with E-state index in [1.54, 1.807) is 12.3 Å². The summed E-state index contributed by atoms with van der Waals surface area (Å²) >= 11 is 0. The molecule has 6 nitrogen and oxygen atoms in total. The molecule has 5 rings (SSSR count). The summed E-state index contributed by atoms with van der Waals surface area (Å²) in [4.78, 5) is 17.0. The standard InChI is InChI=1S/C25H23FN2O4/c1-30-24(29)25(6-10-31-11-7-25)19-13-20(26)15-21(14-19)32-16-17-2-4-22-18(12-17)3-5-23-27-8-9-28(22)23/h2-5,8-9,12-15H,6-7,10-11,16H2,1H3. The van der Waals surface area contributed by atoms with E-state index in [4.69, 9.17) is 14.2 Å². The molecule has 7 heteroatoms. The summed E-state index contributed by atoms with van der Waals surface area (Å²) in [5.74, 6) is -0.453. The van der Waals surface area contributed by atoms with Gasteiger partial charge in [-0.1, -0.05) is 6.07 Å². The lowest BCUT2D eigenvalue weighted by Crippen LogP contribution is -2.42. The van der Waals surface area contributed by atoms with Gasteiger partial charge in [-0.3, -0.25) is 9.20 Å². The second-order valence-electron chi connectivity index (χ2n) is 8.03. The minimum atomic E-state index is -0.924. The SMILES string of the molecule is COC(=O)C1(c2cc(F)cc(OCc3ccc4c(ccc5nccn54)c3)c2)CCOCC1. The Morgan fingerprint density at radius 1 is 1.16 bits per heavy atom. The highest BCUT2D eigenvalue weighted by Crippen LogP contribution is 2.38. The molecule has 1 aliphatic rings. The predicted molar refractivity (Wildman–Crippen MR) is 117 cm³/mol. The summed E-state index contributed by atoms with van der Waals surface area (Å²) in [6.45, 7) is 1.11. The minimum Gasteiger partial charge on any atom is -0.489 e. The first kappa shape index (κ1) is 20.5. The first-order chi connectivity index (χ1) is 15.6. The van der Waals surface area contributed by atoms with Gasteiger partial charge in [0, 0.05) is 31.7 Å². The fraction of sp³-hybridized carbons (Fsp3) is 0.280. The number of carbonyl (C=O) groups excluding carboxylic acids is 1. The summed E-state index contributed by atoms with van der Waals surface area (Å²) in [5, 5.41) is 1.06. The van der Waals surface area contributed by atoms with Crippen LogP contribution < -0.4 is 4.74 Å². The zero-order chi connectivity index (χ0) is 22.1. The lowest BCUT2D eigenvalue weighted by atomic mass is 9.74. The van der Waals surface area contributed by atoms with E-state index in [2.05, 4.69) is 4.98 Å². The quantitative estimate of drug-likeness (QED) is 0.435. The molecule has 0 spiro atoms. The van der Waals surface area contributed by atoms with Crippen LogP contribution in [0.15, 0.2) is 60.9 Å². The van der Waals surface area contributed by atoms with Crippen LogP contribution in [0.3, 0.4) is 0 Å². The summed E-state index contributed by atoms with van der Waals surface area (Å²) in [5.41, 5.74) is 2.53. The molecule has 0 atom stereocenters. The second-order valence-corrected chi connectivity index (χ2v) is 8.03. The van der Waals surface area contributed by atoms with Crippen molar-refractivity contribution in [2.45, 2.75) is 24.9 Å². The second kappa shape index (κ2) is 8.24.